The molecule has 2 aliphatic heterocycles. The summed E-state index contributed by atoms with van der Waals surface area (Å²) in [5, 5.41) is 13.6. The van der Waals surface area contributed by atoms with E-state index in [1.54, 1.807) is 18.4 Å². The van der Waals surface area contributed by atoms with Crippen LogP contribution < -0.4 is 5.32 Å². The van der Waals surface area contributed by atoms with Gasteiger partial charge in [-0.15, -0.1) is 0 Å². The van der Waals surface area contributed by atoms with Gasteiger partial charge in [-0.3, -0.25) is 0 Å². The van der Waals surface area contributed by atoms with Crippen LogP contribution >= 0.6 is 0 Å². The molecule has 3 fully saturated rings. The van der Waals surface area contributed by atoms with Crippen LogP contribution in [-0.2, 0) is 4.74 Å². The maximum Gasteiger partial charge on any atom is 0.317 e. The second-order valence-corrected chi connectivity index (χ2v) is 8.25. The number of hydrogen-bond acceptors (Lipinski definition) is 4. The topological polar surface area (TPSA) is 74.9 Å². The molecule has 2 saturated heterocycles. The van der Waals surface area contributed by atoms with E-state index in [0.717, 1.165) is 32.4 Å². The Bertz CT molecular complexity index is 615. The fourth-order valence-corrected chi connectivity index (χ4v) is 5.04. The molecule has 4 rings (SSSR count). The summed E-state index contributed by atoms with van der Waals surface area (Å²) in [6.45, 7) is 5.89. The molecule has 2 amide bonds. The highest BCUT2D eigenvalue weighted by Gasteiger charge is 2.60. The first-order chi connectivity index (χ1) is 12.0. The van der Waals surface area contributed by atoms with E-state index in [0.29, 0.717) is 18.1 Å². The lowest BCUT2D eigenvalue weighted by Crippen LogP contribution is -2.68. The fourth-order valence-electron chi connectivity index (χ4n) is 5.04. The van der Waals surface area contributed by atoms with Crippen molar-refractivity contribution in [3.8, 4) is 0 Å². The number of aliphatic hydroxyl groups is 1. The number of carbonyl (C=O) groups is 1. The zero-order chi connectivity index (χ0) is 17.6. The molecule has 6 nitrogen and oxygen atoms in total. The highest BCUT2D eigenvalue weighted by Crippen LogP contribution is 2.52. The van der Waals surface area contributed by atoms with Gasteiger partial charge in [0.2, 0.25) is 0 Å². The van der Waals surface area contributed by atoms with Gasteiger partial charge < -0.3 is 24.5 Å². The molecule has 138 valence electrons. The summed E-state index contributed by atoms with van der Waals surface area (Å²) >= 11 is 0. The molecule has 3 heterocycles. The van der Waals surface area contributed by atoms with Gasteiger partial charge in [0, 0.05) is 43.0 Å². The summed E-state index contributed by atoms with van der Waals surface area (Å²) in [5.74, 6) is 1.01. The molecule has 2 N–H and O–H groups in total. The molecule has 0 aromatic carbocycles. The number of furan rings is 1. The number of hydrogen-bond donors (Lipinski definition) is 2. The Balaban J connectivity index is 1.38. The predicted molar refractivity (Wildman–Crippen MR) is 92.0 cm³/mol. The number of likely N-dealkylation sites (tertiary alicyclic amines) is 1. The van der Waals surface area contributed by atoms with Crippen molar-refractivity contribution in [2.45, 2.75) is 63.8 Å². The Morgan fingerprint density at radius 3 is 3.08 bits per heavy atom. The van der Waals surface area contributed by atoms with Crippen molar-refractivity contribution in [1.82, 2.24) is 10.2 Å². The molecule has 25 heavy (non-hydrogen) atoms. The second-order valence-electron chi connectivity index (χ2n) is 8.25. The fraction of sp³-hybridized carbons (Fsp3) is 0.737. The van der Waals surface area contributed by atoms with E-state index in [1.165, 1.54) is 0 Å². The Morgan fingerprint density at radius 1 is 1.48 bits per heavy atom. The summed E-state index contributed by atoms with van der Waals surface area (Å²) in [6, 6.07) is 3.78. The van der Waals surface area contributed by atoms with E-state index in [-0.39, 0.29) is 29.6 Å². The Labute approximate surface area is 148 Å². The van der Waals surface area contributed by atoms with Gasteiger partial charge in [0.25, 0.3) is 0 Å². The van der Waals surface area contributed by atoms with Crippen molar-refractivity contribution in [3.63, 3.8) is 0 Å². The van der Waals surface area contributed by atoms with Crippen LogP contribution in [0, 0.1) is 11.3 Å². The molecule has 0 spiro atoms. The molecule has 1 aliphatic carbocycles. The zero-order valence-electron chi connectivity index (χ0n) is 15.0. The number of ether oxygens (including phenoxy) is 1. The first-order valence-corrected chi connectivity index (χ1v) is 9.38. The third kappa shape index (κ3) is 2.85. The van der Waals surface area contributed by atoms with Gasteiger partial charge in [0.1, 0.15) is 11.9 Å². The average molecular weight is 348 g/mol. The first kappa shape index (κ1) is 16.9. The van der Waals surface area contributed by atoms with E-state index in [2.05, 4.69) is 19.2 Å². The number of amides is 2. The van der Waals surface area contributed by atoms with E-state index in [9.17, 15) is 9.90 Å². The van der Waals surface area contributed by atoms with Gasteiger partial charge in [-0.2, -0.15) is 0 Å². The lowest BCUT2D eigenvalue weighted by Gasteiger charge is -2.54. The quantitative estimate of drug-likeness (QED) is 0.877. The van der Waals surface area contributed by atoms with Crippen LogP contribution in [0.2, 0.25) is 0 Å². The van der Waals surface area contributed by atoms with Crippen LogP contribution in [0.1, 0.15) is 51.4 Å². The summed E-state index contributed by atoms with van der Waals surface area (Å²) < 4.78 is 11.1. The number of nitrogens with one attached hydrogen (secondary N) is 1. The Kier molecular flexibility index (Phi) is 4.28. The molecule has 3 aliphatic rings. The highest BCUT2D eigenvalue weighted by molar-refractivity contribution is 5.75. The predicted octanol–water partition coefficient (Wildman–Crippen LogP) is 2.69. The van der Waals surface area contributed by atoms with Gasteiger partial charge >= 0.3 is 6.03 Å². The number of urea groups is 1. The van der Waals surface area contributed by atoms with Gasteiger partial charge in [-0.25, -0.2) is 4.79 Å². The Hall–Kier alpha value is -1.53. The van der Waals surface area contributed by atoms with Crippen LogP contribution in [0.5, 0.6) is 0 Å². The normalized spacial score (nSPS) is 34.4. The van der Waals surface area contributed by atoms with Crippen LogP contribution in [-0.4, -0.2) is 47.4 Å². The van der Waals surface area contributed by atoms with Crippen molar-refractivity contribution in [3.05, 3.63) is 24.2 Å². The molecular formula is C19H28N2O4. The number of aliphatic hydroxyl groups excluding tert-OH is 1. The first-order valence-electron chi connectivity index (χ1n) is 9.38. The van der Waals surface area contributed by atoms with Crippen LogP contribution in [0.4, 0.5) is 4.79 Å². The number of carbonyl (C=O) groups excluding carboxylic acids is 1. The van der Waals surface area contributed by atoms with Gasteiger partial charge in [0.15, 0.2) is 0 Å². The minimum atomic E-state index is -0.666. The van der Waals surface area contributed by atoms with E-state index in [1.807, 2.05) is 4.90 Å². The van der Waals surface area contributed by atoms with Gasteiger partial charge in [-0.1, -0.05) is 13.8 Å². The molecule has 5 atom stereocenters. The molecule has 6 heteroatoms. The third-order valence-electron chi connectivity index (χ3n) is 6.38. The second kappa shape index (κ2) is 6.32. The summed E-state index contributed by atoms with van der Waals surface area (Å²) in [5.41, 5.74) is -0.0142. The number of fused-ring (bicyclic) bond motifs is 1. The monoisotopic (exact) mass is 348 g/mol. The molecule has 1 aromatic heterocycles. The van der Waals surface area contributed by atoms with Crippen molar-refractivity contribution < 1.29 is 19.1 Å². The summed E-state index contributed by atoms with van der Waals surface area (Å²) in [4.78, 5) is 14.8. The molecule has 0 bridgehead atoms. The minimum Gasteiger partial charge on any atom is -0.467 e. The largest absolute Gasteiger partial charge is 0.467 e. The molecule has 5 unspecified atom stereocenters. The van der Waals surface area contributed by atoms with Crippen molar-refractivity contribution in [2.75, 3.05) is 13.2 Å². The summed E-state index contributed by atoms with van der Waals surface area (Å²) in [7, 11) is 0. The van der Waals surface area contributed by atoms with Crippen molar-refractivity contribution >= 4 is 6.03 Å². The standard InChI is InChI=1S/C19H28N2O4/c1-19(2)16(13-7-10-25-17(13)19)20-18(23)21-8-3-5-12(21)11-14(22)15-6-4-9-24-15/h4,6,9,12-14,16-17,22H,3,5,7-8,10-11H2,1-2H3,(H,20,23). The maximum absolute atomic E-state index is 12.9. The average Bonchev–Trinajstić information content (AvgIpc) is 3.31. The van der Waals surface area contributed by atoms with E-state index in [4.69, 9.17) is 9.15 Å². The molecular weight excluding hydrogens is 320 g/mol. The Morgan fingerprint density at radius 2 is 2.32 bits per heavy atom. The minimum absolute atomic E-state index is 0.00225. The lowest BCUT2D eigenvalue weighted by molar-refractivity contribution is -0.109. The lowest BCUT2D eigenvalue weighted by atomic mass is 9.57. The SMILES string of the molecule is CC1(C)C(NC(=O)N2CCCC2CC(O)c2ccco2)C2CCOC21. The van der Waals surface area contributed by atoms with Gasteiger partial charge in [0.05, 0.1) is 12.4 Å². The van der Waals surface area contributed by atoms with Crippen LogP contribution in [0.15, 0.2) is 22.8 Å². The van der Waals surface area contributed by atoms with Crippen molar-refractivity contribution in [1.29, 1.82) is 0 Å². The number of nitrogens with zero attached hydrogens (tertiary/aromatic N) is 1. The summed E-state index contributed by atoms with van der Waals surface area (Å²) in [6.07, 6.45) is 4.62. The van der Waals surface area contributed by atoms with Crippen molar-refractivity contribution in [2.24, 2.45) is 11.3 Å². The van der Waals surface area contributed by atoms with E-state index >= 15 is 0 Å². The molecule has 1 saturated carbocycles. The van der Waals surface area contributed by atoms with Crippen LogP contribution in [0.25, 0.3) is 0 Å². The highest BCUT2D eigenvalue weighted by atomic mass is 16.5. The molecule has 0 radical (unpaired) electrons. The van der Waals surface area contributed by atoms with E-state index < -0.39 is 6.10 Å². The maximum atomic E-state index is 12.9. The molecule has 1 aromatic rings. The smallest absolute Gasteiger partial charge is 0.317 e. The van der Waals surface area contributed by atoms with Crippen LogP contribution in [0.3, 0.4) is 0 Å². The zero-order valence-corrected chi connectivity index (χ0v) is 15.0. The van der Waals surface area contributed by atoms with Gasteiger partial charge in [-0.05, 0) is 31.4 Å². The third-order valence-corrected chi connectivity index (χ3v) is 6.38. The number of rotatable bonds is 4.